The van der Waals surface area contributed by atoms with Crippen molar-refractivity contribution in [1.29, 1.82) is 0 Å². The Kier molecular flexibility index (Phi) is 4.20. The number of fused-ring (bicyclic) bond motifs is 1. The molecule has 4 heteroatoms. The summed E-state index contributed by atoms with van der Waals surface area (Å²) in [6.07, 6.45) is 0. The van der Waals surface area contributed by atoms with E-state index in [1.165, 1.54) is 5.56 Å². The zero-order chi connectivity index (χ0) is 17.2. The summed E-state index contributed by atoms with van der Waals surface area (Å²) in [5, 5.41) is 14.5. The van der Waals surface area contributed by atoms with Gasteiger partial charge in [0.25, 0.3) is 0 Å². The Balaban J connectivity index is 1.81. The predicted molar refractivity (Wildman–Crippen MR) is 107 cm³/mol. The standard InChI is InChI=1S/C21H16BrN3/c1-14-6-8-15(9-7-14)20-18-4-2-3-5-19(18)21(25-24-20)23-17-12-10-16(22)11-13-17/h2-13H,1H3,(H,23,25). The Morgan fingerprint density at radius 2 is 1.44 bits per heavy atom. The highest BCUT2D eigenvalue weighted by molar-refractivity contribution is 9.10. The highest BCUT2D eigenvalue weighted by Gasteiger charge is 2.11. The molecule has 0 spiro atoms. The van der Waals surface area contributed by atoms with Crippen LogP contribution >= 0.6 is 15.9 Å². The fourth-order valence-corrected chi connectivity index (χ4v) is 3.06. The van der Waals surface area contributed by atoms with E-state index < -0.39 is 0 Å². The number of halogens is 1. The third-order valence-corrected chi connectivity index (χ3v) is 4.65. The van der Waals surface area contributed by atoms with E-state index in [2.05, 4.69) is 74.8 Å². The second kappa shape index (κ2) is 6.65. The molecule has 3 nitrogen and oxygen atoms in total. The molecule has 3 aromatic carbocycles. The third kappa shape index (κ3) is 3.26. The molecule has 0 unspecified atom stereocenters. The molecule has 25 heavy (non-hydrogen) atoms. The SMILES string of the molecule is Cc1ccc(-c2nnc(Nc3ccc(Br)cc3)c3ccccc23)cc1. The van der Waals surface area contributed by atoms with Crippen molar-refractivity contribution in [2.24, 2.45) is 0 Å². The van der Waals surface area contributed by atoms with Crippen LogP contribution in [0.1, 0.15) is 5.56 Å². The van der Waals surface area contributed by atoms with Gasteiger partial charge in [-0.2, -0.15) is 0 Å². The lowest BCUT2D eigenvalue weighted by Gasteiger charge is -2.11. The van der Waals surface area contributed by atoms with Crippen LogP contribution in [-0.2, 0) is 0 Å². The van der Waals surface area contributed by atoms with E-state index in [0.29, 0.717) is 0 Å². The first-order valence-electron chi connectivity index (χ1n) is 8.06. The van der Waals surface area contributed by atoms with Gasteiger partial charge in [-0.05, 0) is 31.2 Å². The second-order valence-corrected chi connectivity index (χ2v) is 6.86. The van der Waals surface area contributed by atoms with Gasteiger partial charge in [0.05, 0.1) is 0 Å². The van der Waals surface area contributed by atoms with Crippen molar-refractivity contribution in [3.8, 4) is 11.3 Å². The summed E-state index contributed by atoms with van der Waals surface area (Å²) in [7, 11) is 0. The van der Waals surface area contributed by atoms with Gasteiger partial charge in [0.15, 0.2) is 5.82 Å². The molecule has 0 amide bonds. The molecule has 1 aromatic heterocycles. The molecule has 0 aliphatic carbocycles. The summed E-state index contributed by atoms with van der Waals surface area (Å²) in [4.78, 5) is 0. The zero-order valence-corrected chi connectivity index (χ0v) is 15.3. The molecule has 0 aliphatic rings. The van der Waals surface area contributed by atoms with Gasteiger partial charge in [-0.1, -0.05) is 70.0 Å². The van der Waals surface area contributed by atoms with Crippen LogP contribution in [0, 0.1) is 6.92 Å². The lowest BCUT2D eigenvalue weighted by molar-refractivity contribution is 1.06. The Labute approximate surface area is 154 Å². The minimum atomic E-state index is 0.758. The van der Waals surface area contributed by atoms with Crippen molar-refractivity contribution >= 4 is 38.2 Å². The number of benzene rings is 3. The average molecular weight is 390 g/mol. The Morgan fingerprint density at radius 1 is 0.760 bits per heavy atom. The highest BCUT2D eigenvalue weighted by atomic mass is 79.9. The van der Waals surface area contributed by atoms with Crippen molar-refractivity contribution in [3.63, 3.8) is 0 Å². The van der Waals surface area contributed by atoms with Crippen LogP contribution in [0.15, 0.2) is 77.3 Å². The number of anilines is 2. The Bertz CT molecular complexity index is 1030. The van der Waals surface area contributed by atoms with Crippen molar-refractivity contribution in [2.45, 2.75) is 6.92 Å². The van der Waals surface area contributed by atoms with Gasteiger partial charge in [0.1, 0.15) is 5.69 Å². The smallest absolute Gasteiger partial charge is 0.161 e. The maximum absolute atomic E-state index is 4.50. The van der Waals surface area contributed by atoms with Crippen LogP contribution in [0.5, 0.6) is 0 Å². The number of aryl methyl sites for hydroxylation is 1. The van der Waals surface area contributed by atoms with Gasteiger partial charge < -0.3 is 5.32 Å². The Hall–Kier alpha value is -2.72. The van der Waals surface area contributed by atoms with E-state index >= 15 is 0 Å². The quantitative estimate of drug-likeness (QED) is 0.459. The summed E-state index contributed by atoms with van der Waals surface area (Å²) in [5.74, 6) is 0.758. The number of nitrogens with zero attached hydrogens (tertiary/aromatic N) is 2. The van der Waals surface area contributed by atoms with Crippen LogP contribution in [0.3, 0.4) is 0 Å². The molecule has 0 aliphatic heterocycles. The molecule has 0 bridgehead atoms. The largest absolute Gasteiger partial charge is 0.338 e. The molecule has 0 radical (unpaired) electrons. The summed E-state index contributed by atoms with van der Waals surface area (Å²) < 4.78 is 1.05. The van der Waals surface area contributed by atoms with E-state index in [1.807, 2.05) is 36.4 Å². The molecule has 1 N–H and O–H groups in total. The van der Waals surface area contributed by atoms with Crippen LogP contribution in [0.25, 0.3) is 22.0 Å². The van der Waals surface area contributed by atoms with Gasteiger partial charge in [0, 0.05) is 26.5 Å². The maximum Gasteiger partial charge on any atom is 0.161 e. The molecule has 0 fully saturated rings. The molecule has 4 aromatic rings. The molecule has 4 rings (SSSR count). The second-order valence-electron chi connectivity index (χ2n) is 5.94. The van der Waals surface area contributed by atoms with E-state index in [-0.39, 0.29) is 0 Å². The summed E-state index contributed by atoms with van der Waals surface area (Å²) in [5.41, 5.74) is 4.18. The fraction of sp³-hybridized carbons (Fsp3) is 0.0476. The minimum Gasteiger partial charge on any atom is -0.338 e. The van der Waals surface area contributed by atoms with Crippen LogP contribution in [0.4, 0.5) is 11.5 Å². The molecular formula is C21H16BrN3. The van der Waals surface area contributed by atoms with Crippen molar-refractivity contribution in [1.82, 2.24) is 10.2 Å². The molecule has 0 saturated carbocycles. The molecule has 1 heterocycles. The third-order valence-electron chi connectivity index (χ3n) is 4.12. The lowest BCUT2D eigenvalue weighted by atomic mass is 10.0. The number of aromatic nitrogens is 2. The van der Waals surface area contributed by atoms with Gasteiger partial charge in [-0.15, -0.1) is 10.2 Å². The molecular weight excluding hydrogens is 374 g/mol. The van der Waals surface area contributed by atoms with Crippen LogP contribution < -0.4 is 5.32 Å². The van der Waals surface area contributed by atoms with Gasteiger partial charge in [-0.25, -0.2) is 0 Å². The molecule has 0 saturated heterocycles. The molecule has 122 valence electrons. The van der Waals surface area contributed by atoms with Crippen molar-refractivity contribution in [2.75, 3.05) is 5.32 Å². The van der Waals surface area contributed by atoms with Gasteiger partial charge >= 0.3 is 0 Å². The average Bonchev–Trinajstić information content (AvgIpc) is 2.65. The van der Waals surface area contributed by atoms with Crippen LogP contribution in [0.2, 0.25) is 0 Å². The van der Waals surface area contributed by atoms with Crippen LogP contribution in [-0.4, -0.2) is 10.2 Å². The summed E-state index contributed by atoms with van der Waals surface area (Å²) in [6, 6.07) is 24.6. The number of hydrogen-bond acceptors (Lipinski definition) is 3. The molecule has 0 atom stereocenters. The van der Waals surface area contributed by atoms with E-state index in [9.17, 15) is 0 Å². The van der Waals surface area contributed by atoms with Crippen molar-refractivity contribution < 1.29 is 0 Å². The normalized spacial score (nSPS) is 10.8. The first kappa shape index (κ1) is 15.8. The lowest BCUT2D eigenvalue weighted by Crippen LogP contribution is -1.99. The fourth-order valence-electron chi connectivity index (χ4n) is 2.79. The van der Waals surface area contributed by atoms with Gasteiger partial charge in [-0.3, -0.25) is 0 Å². The number of nitrogens with one attached hydrogen (secondary N) is 1. The maximum atomic E-state index is 4.50. The topological polar surface area (TPSA) is 37.8 Å². The van der Waals surface area contributed by atoms with Crippen molar-refractivity contribution in [3.05, 3.63) is 82.8 Å². The van der Waals surface area contributed by atoms with Gasteiger partial charge in [0.2, 0.25) is 0 Å². The van der Waals surface area contributed by atoms with E-state index in [1.54, 1.807) is 0 Å². The summed E-state index contributed by atoms with van der Waals surface area (Å²) in [6.45, 7) is 2.08. The highest BCUT2D eigenvalue weighted by Crippen LogP contribution is 2.31. The summed E-state index contributed by atoms with van der Waals surface area (Å²) >= 11 is 3.46. The van der Waals surface area contributed by atoms with E-state index in [4.69, 9.17) is 0 Å². The monoisotopic (exact) mass is 389 g/mol. The van der Waals surface area contributed by atoms with E-state index in [0.717, 1.165) is 38.0 Å². The first-order chi connectivity index (χ1) is 12.2. The zero-order valence-electron chi connectivity index (χ0n) is 13.7. The Morgan fingerprint density at radius 3 is 2.16 bits per heavy atom. The minimum absolute atomic E-state index is 0.758. The number of rotatable bonds is 3. The predicted octanol–water partition coefficient (Wildman–Crippen LogP) is 6.11. The first-order valence-corrected chi connectivity index (χ1v) is 8.85. The number of hydrogen-bond donors (Lipinski definition) is 1.